The smallest absolute Gasteiger partial charge is 0.253 e. The van der Waals surface area contributed by atoms with Crippen LogP contribution in [0.3, 0.4) is 0 Å². The summed E-state index contributed by atoms with van der Waals surface area (Å²) in [4.78, 5) is 77.9. The maximum atomic E-state index is 13.8. The van der Waals surface area contributed by atoms with Crippen LogP contribution in [-0.2, 0) is 28.7 Å². The molecule has 0 bridgehead atoms. The van der Waals surface area contributed by atoms with Gasteiger partial charge in [-0.25, -0.2) is 0 Å². The van der Waals surface area contributed by atoms with Crippen molar-refractivity contribution in [3.05, 3.63) is 52.0 Å². The maximum Gasteiger partial charge on any atom is 0.253 e. The third kappa shape index (κ3) is 7.14. The van der Waals surface area contributed by atoms with Crippen LogP contribution in [-0.4, -0.2) is 79.7 Å². The fraction of sp³-hybridized carbons (Fsp3) is 0.308. The first-order chi connectivity index (χ1) is 19.0. The molecule has 0 fully saturated rings. The van der Waals surface area contributed by atoms with Gasteiger partial charge in [-0.15, -0.1) is 0 Å². The van der Waals surface area contributed by atoms with Crippen molar-refractivity contribution >= 4 is 70.3 Å². The van der Waals surface area contributed by atoms with Crippen LogP contribution in [0.25, 0.3) is 0 Å². The van der Waals surface area contributed by atoms with E-state index >= 15 is 0 Å². The summed E-state index contributed by atoms with van der Waals surface area (Å²) in [7, 11) is 1.32. The number of nitrogens with one attached hydrogen (secondary N) is 2. The number of Topliss-reactive ketones (excluding diaryl/α,β-unsaturated/α-hetero) is 1. The van der Waals surface area contributed by atoms with Gasteiger partial charge in [-0.3, -0.25) is 28.9 Å². The molecule has 2 atom stereocenters. The first-order valence-corrected chi connectivity index (χ1v) is 12.6. The lowest BCUT2D eigenvalue weighted by atomic mass is 10.1. The normalized spacial score (nSPS) is 15.5. The van der Waals surface area contributed by atoms with Crippen LogP contribution in [0.1, 0.15) is 23.7 Å². The highest BCUT2D eigenvalue weighted by Gasteiger charge is 2.38. The average Bonchev–Trinajstić information content (AvgIpc) is 3.01. The van der Waals surface area contributed by atoms with Crippen LogP contribution >= 0.6 is 23.2 Å². The Morgan fingerprint density at radius 1 is 1.15 bits per heavy atom. The molecule has 4 amide bonds. The number of methoxy groups -OCH3 is 1. The number of phenols is 1. The Bertz CT molecular complexity index is 1330. The molecule has 0 spiro atoms. The third-order valence-electron chi connectivity index (χ3n) is 5.87. The number of ether oxygens (including phenoxy) is 1. The number of benzene rings is 2. The molecule has 0 unspecified atom stereocenters. The van der Waals surface area contributed by atoms with E-state index in [4.69, 9.17) is 27.9 Å². The zero-order valence-electron chi connectivity index (χ0n) is 21.5. The number of halogens is 2. The number of amides is 4. The summed E-state index contributed by atoms with van der Waals surface area (Å²) >= 11 is 11.9. The predicted molar refractivity (Wildman–Crippen MR) is 146 cm³/mol. The standard InChI is InChI=1S/C26H26Cl2N4O8/c1-14(34)7-16(12-33)29-22(35)11-32-21-6-4-3-5-20(21)31(23(36)13-40-2)10-19(26(32)39)30-25(38)15-8-17(27)24(37)18(28)9-15/h3-6,8-9,12,16,19,37H,7,10-11,13H2,1-2H3,(H,29,35)(H,30,38)/t16-,19-/m0/s1. The number of fused-ring (bicyclic) bond motifs is 1. The van der Waals surface area contributed by atoms with Gasteiger partial charge in [0.2, 0.25) is 5.91 Å². The van der Waals surface area contributed by atoms with E-state index in [-0.39, 0.29) is 52.3 Å². The monoisotopic (exact) mass is 592 g/mol. The number of anilines is 2. The molecule has 0 radical (unpaired) electrons. The number of aromatic hydroxyl groups is 1. The molecule has 1 heterocycles. The highest BCUT2D eigenvalue weighted by Crippen LogP contribution is 2.34. The van der Waals surface area contributed by atoms with Crippen LogP contribution < -0.4 is 20.4 Å². The second kappa shape index (κ2) is 13.4. The Morgan fingerprint density at radius 3 is 2.35 bits per heavy atom. The highest BCUT2D eigenvalue weighted by atomic mass is 35.5. The summed E-state index contributed by atoms with van der Waals surface area (Å²) in [5.41, 5.74) is 0.391. The van der Waals surface area contributed by atoms with Gasteiger partial charge in [0.15, 0.2) is 5.75 Å². The van der Waals surface area contributed by atoms with Crippen molar-refractivity contribution in [1.82, 2.24) is 10.6 Å². The fourth-order valence-electron chi connectivity index (χ4n) is 4.07. The van der Waals surface area contributed by atoms with Gasteiger partial charge >= 0.3 is 0 Å². The summed E-state index contributed by atoms with van der Waals surface area (Å²) in [6, 6.07) is 6.16. The van der Waals surface area contributed by atoms with E-state index in [0.29, 0.717) is 6.29 Å². The van der Waals surface area contributed by atoms with Crippen LogP contribution in [0.4, 0.5) is 11.4 Å². The largest absolute Gasteiger partial charge is 0.505 e. The Morgan fingerprint density at radius 2 is 1.77 bits per heavy atom. The second-order valence-corrected chi connectivity index (χ2v) is 9.70. The van der Waals surface area contributed by atoms with E-state index < -0.39 is 48.0 Å². The molecule has 12 nitrogen and oxygen atoms in total. The Balaban J connectivity index is 2.00. The van der Waals surface area contributed by atoms with E-state index in [2.05, 4.69) is 10.6 Å². The van der Waals surface area contributed by atoms with Gasteiger partial charge < -0.3 is 30.2 Å². The molecule has 212 valence electrons. The number of phenolic OH excluding ortho intramolecular Hbond substituents is 1. The lowest BCUT2D eigenvalue weighted by Crippen LogP contribution is -2.55. The quantitative estimate of drug-likeness (QED) is 0.349. The van der Waals surface area contributed by atoms with Gasteiger partial charge in [0.05, 0.1) is 34.0 Å². The minimum Gasteiger partial charge on any atom is -0.505 e. The Kier molecular flexibility index (Phi) is 10.2. The van der Waals surface area contributed by atoms with Gasteiger partial charge in [0, 0.05) is 19.1 Å². The molecule has 0 aromatic heterocycles. The first kappa shape index (κ1) is 30.5. The average molecular weight is 593 g/mol. The number of nitrogens with zero attached hydrogens (tertiary/aromatic N) is 2. The first-order valence-electron chi connectivity index (χ1n) is 11.9. The minimum atomic E-state index is -1.36. The van der Waals surface area contributed by atoms with Crippen molar-refractivity contribution in [2.75, 3.05) is 36.6 Å². The SMILES string of the molecule is COCC(=O)N1C[C@H](NC(=O)c2cc(Cl)c(O)c(Cl)c2)C(=O)N(CC(=O)N[C@H](C=O)CC(C)=O)c2ccccc21. The summed E-state index contributed by atoms with van der Waals surface area (Å²) in [5.74, 6) is -3.55. The zero-order valence-corrected chi connectivity index (χ0v) is 23.0. The molecule has 14 heteroatoms. The second-order valence-electron chi connectivity index (χ2n) is 8.88. The molecule has 1 aliphatic heterocycles. The molecule has 2 aromatic carbocycles. The lowest BCUT2D eigenvalue weighted by molar-refractivity contribution is -0.127. The highest BCUT2D eigenvalue weighted by molar-refractivity contribution is 6.37. The van der Waals surface area contributed by atoms with Gasteiger partial charge in [-0.1, -0.05) is 35.3 Å². The lowest BCUT2D eigenvalue weighted by Gasteiger charge is -2.25. The number of ketones is 1. The van der Waals surface area contributed by atoms with E-state index in [0.717, 1.165) is 17.0 Å². The van der Waals surface area contributed by atoms with Crippen LogP contribution in [0.5, 0.6) is 5.75 Å². The molecule has 0 saturated heterocycles. The molecule has 0 saturated carbocycles. The maximum absolute atomic E-state index is 13.8. The summed E-state index contributed by atoms with van der Waals surface area (Å²) in [6.45, 7) is 0.0277. The van der Waals surface area contributed by atoms with Crippen LogP contribution in [0, 0.1) is 0 Å². The summed E-state index contributed by atoms with van der Waals surface area (Å²) in [6.07, 6.45) is 0.190. The molecular formula is C26H26Cl2N4O8. The van der Waals surface area contributed by atoms with E-state index in [1.54, 1.807) is 18.2 Å². The number of aldehydes is 1. The van der Waals surface area contributed by atoms with E-state index in [9.17, 15) is 33.9 Å². The van der Waals surface area contributed by atoms with Gasteiger partial charge in [0.1, 0.15) is 31.3 Å². The summed E-state index contributed by atoms with van der Waals surface area (Å²) < 4.78 is 4.99. The minimum absolute atomic E-state index is 0.0699. The topological polar surface area (TPSA) is 162 Å². The Hall–Kier alpha value is -4.00. The number of hydrogen-bond donors (Lipinski definition) is 3. The van der Waals surface area contributed by atoms with Crippen molar-refractivity contribution in [1.29, 1.82) is 0 Å². The molecule has 3 rings (SSSR count). The molecule has 40 heavy (non-hydrogen) atoms. The molecule has 2 aromatic rings. The van der Waals surface area contributed by atoms with Gasteiger partial charge in [-0.2, -0.15) is 0 Å². The van der Waals surface area contributed by atoms with Crippen molar-refractivity contribution in [2.24, 2.45) is 0 Å². The number of carbonyl (C=O) groups excluding carboxylic acids is 6. The van der Waals surface area contributed by atoms with Crippen LogP contribution in [0.15, 0.2) is 36.4 Å². The zero-order chi connectivity index (χ0) is 29.6. The van der Waals surface area contributed by atoms with Crippen molar-refractivity contribution in [3.63, 3.8) is 0 Å². The van der Waals surface area contributed by atoms with Gasteiger partial charge in [0.25, 0.3) is 17.7 Å². The van der Waals surface area contributed by atoms with Gasteiger partial charge in [-0.05, 0) is 31.2 Å². The number of para-hydroxylation sites is 2. The number of carbonyl (C=O) groups is 6. The fourth-order valence-corrected chi connectivity index (χ4v) is 4.56. The predicted octanol–water partition coefficient (Wildman–Crippen LogP) is 1.49. The number of hydrogen-bond acceptors (Lipinski definition) is 8. The number of rotatable bonds is 10. The third-order valence-corrected chi connectivity index (χ3v) is 6.44. The molecule has 3 N–H and O–H groups in total. The molecule has 0 aliphatic carbocycles. The Labute approximate surface area is 239 Å². The van der Waals surface area contributed by atoms with E-state index in [1.807, 2.05) is 0 Å². The molecular weight excluding hydrogens is 567 g/mol. The molecule has 1 aliphatic rings. The summed E-state index contributed by atoms with van der Waals surface area (Å²) in [5, 5.41) is 14.4. The van der Waals surface area contributed by atoms with Crippen molar-refractivity contribution < 1.29 is 38.6 Å². The van der Waals surface area contributed by atoms with Crippen LogP contribution in [0.2, 0.25) is 10.0 Å². The van der Waals surface area contributed by atoms with E-state index in [1.165, 1.54) is 25.0 Å². The van der Waals surface area contributed by atoms with Crippen molar-refractivity contribution in [2.45, 2.75) is 25.4 Å². The van der Waals surface area contributed by atoms with Crippen molar-refractivity contribution in [3.8, 4) is 5.75 Å².